The molecule has 1 amide bonds. The van der Waals surface area contributed by atoms with Crippen LogP contribution in [0.5, 0.6) is 0 Å². The number of alkyl halides is 3. The molecule has 0 spiro atoms. The monoisotopic (exact) mass is 566 g/mol. The van der Waals surface area contributed by atoms with Crippen LogP contribution in [-0.2, 0) is 20.9 Å². The molecule has 36 heavy (non-hydrogen) atoms. The maximum Gasteiger partial charge on any atom is 0.276 e. The van der Waals surface area contributed by atoms with Crippen LogP contribution >= 0.6 is 46.6 Å². The van der Waals surface area contributed by atoms with E-state index in [1.165, 1.54) is 0 Å². The van der Waals surface area contributed by atoms with Gasteiger partial charge < -0.3 is 19.9 Å². The minimum absolute atomic E-state index is 0.0163. The molecule has 1 saturated heterocycles. The molecule has 6 nitrogen and oxygen atoms in total. The van der Waals surface area contributed by atoms with Crippen molar-refractivity contribution in [1.29, 1.82) is 0 Å². The van der Waals surface area contributed by atoms with Crippen LogP contribution in [0.3, 0.4) is 0 Å². The second kappa shape index (κ2) is 12.1. The number of hydrogen-bond acceptors (Lipinski definition) is 6. The number of aliphatic hydroxyl groups excluding tert-OH is 1. The summed E-state index contributed by atoms with van der Waals surface area (Å²) in [6.45, 7) is 2.09. The Hall–Kier alpha value is -1.84. The molecule has 190 valence electrons. The van der Waals surface area contributed by atoms with E-state index in [-0.39, 0.29) is 24.7 Å². The topological polar surface area (TPSA) is 80.7 Å². The van der Waals surface area contributed by atoms with E-state index in [1.807, 2.05) is 54.6 Å². The quantitative estimate of drug-likeness (QED) is 0.252. The summed E-state index contributed by atoms with van der Waals surface area (Å²) >= 11 is 18.6. The summed E-state index contributed by atoms with van der Waals surface area (Å²) in [6, 6.07) is 20.6. The van der Waals surface area contributed by atoms with Crippen LogP contribution in [0, 0.1) is 5.92 Å². The van der Waals surface area contributed by atoms with Crippen molar-refractivity contribution in [2.45, 2.75) is 40.8 Å². The molecule has 1 aromatic heterocycles. The lowest BCUT2D eigenvalue weighted by Crippen LogP contribution is -2.38. The van der Waals surface area contributed by atoms with Crippen molar-refractivity contribution in [3.05, 3.63) is 89.6 Å². The van der Waals surface area contributed by atoms with E-state index in [0.29, 0.717) is 11.4 Å². The number of benzene rings is 2. The number of thioether (sulfide) groups is 1. The minimum atomic E-state index is -2.05. The molecule has 2 N–H and O–H groups in total. The molecular weight excluding hydrogens is 543 g/mol. The average molecular weight is 568 g/mol. The number of carbonyl (C=O) groups is 1. The Balaban J connectivity index is 1.55. The van der Waals surface area contributed by atoms with Gasteiger partial charge in [0.25, 0.3) is 9.70 Å². The molecule has 0 saturated carbocycles. The van der Waals surface area contributed by atoms with Gasteiger partial charge in [0.15, 0.2) is 6.29 Å². The van der Waals surface area contributed by atoms with Crippen LogP contribution in [0.2, 0.25) is 0 Å². The van der Waals surface area contributed by atoms with Gasteiger partial charge >= 0.3 is 0 Å². The summed E-state index contributed by atoms with van der Waals surface area (Å²) in [5.74, 6) is 0.0122. The number of nitrogens with one attached hydrogen (secondary N) is 1. The molecule has 0 bridgehead atoms. The van der Waals surface area contributed by atoms with Crippen LogP contribution in [0.25, 0.3) is 0 Å². The summed E-state index contributed by atoms with van der Waals surface area (Å²) < 4.78 is 10.8. The van der Waals surface area contributed by atoms with Gasteiger partial charge in [-0.3, -0.25) is 4.79 Å². The normalized spacial score (nSPS) is 22.2. The molecule has 4 rings (SSSR count). The van der Waals surface area contributed by atoms with Crippen LogP contribution in [0.15, 0.2) is 78.0 Å². The lowest BCUT2D eigenvalue weighted by atomic mass is 9.91. The Bertz CT molecular complexity index is 1140. The molecule has 0 radical (unpaired) electrons. The molecule has 1 aliphatic heterocycles. The maximum atomic E-state index is 12.0. The van der Waals surface area contributed by atoms with Gasteiger partial charge in [-0.1, -0.05) is 84.2 Å². The first kappa shape index (κ1) is 27.2. The first-order chi connectivity index (χ1) is 17.2. The molecule has 4 atom stereocenters. The third-order valence-electron chi connectivity index (χ3n) is 5.85. The number of aromatic nitrogens is 1. The van der Waals surface area contributed by atoms with Gasteiger partial charge in [-0.15, -0.1) is 11.8 Å². The van der Waals surface area contributed by atoms with Crippen LogP contribution in [0.4, 0.5) is 5.69 Å². The lowest BCUT2D eigenvalue weighted by molar-refractivity contribution is -0.268. The number of hydrogen-bond donors (Lipinski definition) is 2. The van der Waals surface area contributed by atoms with Crippen molar-refractivity contribution in [2.75, 3.05) is 11.1 Å². The third kappa shape index (κ3) is 6.92. The summed E-state index contributed by atoms with van der Waals surface area (Å²) in [7, 11) is 0. The Morgan fingerprint density at radius 1 is 1.03 bits per heavy atom. The van der Waals surface area contributed by atoms with Crippen LogP contribution in [0.1, 0.15) is 36.0 Å². The van der Waals surface area contributed by atoms with Crippen molar-refractivity contribution >= 4 is 58.2 Å². The summed E-state index contributed by atoms with van der Waals surface area (Å²) in [4.78, 5) is 16.4. The fourth-order valence-corrected chi connectivity index (χ4v) is 5.00. The molecule has 0 aliphatic carbocycles. The molecule has 2 heterocycles. The highest BCUT2D eigenvalue weighted by molar-refractivity contribution is 7.99. The third-order valence-corrected chi connectivity index (χ3v) is 7.40. The van der Waals surface area contributed by atoms with E-state index in [0.717, 1.165) is 21.7 Å². The van der Waals surface area contributed by atoms with Crippen molar-refractivity contribution in [2.24, 2.45) is 5.92 Å². The second-order valence-electron chi connectivity index (χ2n) is 8.37. The fourth-order valence-electron chi connectivity index (χ4n) is 3.84. The highest BCUT2D eigenvalue weighted by Gasteiger charge is 2.38. The largest absolute Gasteiger partial charge is 0.392 e. The number of ether oxygens (including phenoxy) is 2. The van der Waals surface area contributed by atoms with Gasteiger partial charge in [0.05, 0.1) is 23.8 Å². The predicted molar refractivity (Wildman–Crippen MR) is 143 cm³/mol. The first-order valence-corrected chi connectivity index (χ1v) is 13.4. The number of pyridine rings is 1. The van der Waals surface area contributed by atoms with Gasteiger partial charge in [0.2, 0.25) is 0 Å². The second-order valence-corrected chi connectivity index (χ2v) is 11.7. The Labute approximate surface area is 229 Å². The summed E-state index contributed by atoms with van der Waals surface area (Å²) in [6.07, 6.45) is 0.793. The number of nitrogens with zero attached hydrogens (tertiary/aromatic N) is 1. The SMILES string of the molecule is CC1C(CSc2ccccn2)OC(c2ccc(NC(=O)C(Cl)(Cl)Cl)cc2)OC1c1ccc(CO)cc1. The van der Waals surface area contributed by atoms with Crippen LogP contribution < -0.4 is 5.32 Å². The highest BCUT2D eigenvalue weighted by Crippen LogP contribution is 2.43. The van der Waals surface area contributed by atoms with Gasteiger partial charge in [0, 0.05) is 29.1 Å². The number of carbonyl (C=O) groups excluding carboxylic acids is 1. The Morgan fingerprint density at radius 3 is 2.33 bits per heavy atom. The molecular formula is C26H25Cl3N2O4S. The number of halogens is 3. The van der Waals surface area contributed by atoms with Crippen molar-refractivity contribution in [1.82, 2.24) is 4.98 Å². The van der Waals surface area contributed by atoms with Crippen molar-refractivity contribution in [3.8, 4) is 0 Å². The van der Waals surface area contributed by atoms with Crippen molar-refractivity contribution in [3.63, 3.8) is 0 Å². The molecule has 3 aromatic rings. The van der Waals surface area contributed by atoms with E-state index in [1.54, 1.807) is 30.1 Å². The number of anilines is 1. The Kier molecular flexibility index (Phi) is 9.17. The highest BCUT2D eigenvalue weighted by atomic mass is 35.6. The van der Waals surface area contributed by atoms with Gasteiger partial charge in [-0.05, 0) is 35.4 Å². The zero-order valence-corrected chi connectivity index (χ0v) is 22.4. The zero-order chi connectivity index (χ0) is 25.7. The summed E-state index contributed by atoms with van der Waals surface area (Å²) in [5, 5.41) is 12.9. The van der Waals surface area contributed by atoms with Gasteiger partial charge in [0.1, 0.15) is 0 Å². The smallest absolute Gasteiger partial charge is 0.276 e. The fraction of sp³-hybridized carbons (Fsp3) is 0.308. The van der Waals surface area contributed by atoms with Crippen molar-refractivity contribution < 1.29 is 19.4 Å². The molecule has 2 aromatic carbocycles. The standard InChI is InChI=1S/C26H25Cl3N2O4S/c1-16-21(15-36-22-4-2-3-13-30-22)34-24(35-23(16)18-7-5-17(14-32)6-8-18)19-9-11-20(12-10-19)31-25(33)26(27,28)29/h2-13,16,21,23-24,32H,14-15H2,1H3,(H,31,33). The predicted octanol–water partition coefficient (Wildman–Crippen LogP) is 6.47. The lowest BCUT2D eigenvalue weighted by Gasteiger charge is -2.41. The number of rotatable bonds is 7. The van der Waals surface area contributed by atoms with E-state index < -0.39 is 16.0 Å². The molecule has 4 unspecified atom stereocenters. The average Bonchev–Trinajstić information content (AvgIpc) is 2.89. The van der Waals surface area contributed by atoms with Crippen LogP contribution in [-0.4, -0.2) is 31.6 Å². The molecule has 10 heteroatoms. The number of amides is 1. The minimum Gasteiger partial charge on any atom is -0.392 e. The maximum absolute atomic E-state index is 12.0. The van der Waals surface area contributed by atoms with E-state index in [4.69, 9.17) is 44.3 Å². The van der Waals surface area contributed by atoms with E-state index >= 15 is 0 Å². The number of aliphatic hydroxyl groups is 1. The molecule has 1 fully saturated rings. The van der Waals surface area contributed by atoms with Gasteiger partial charge in [-0.25, -0.2) is 4.98 Å². The van der Waals surface area contributed by atoms with E-state index in [9.17, 15) is 9.90 Å². The Morgan fingerprint density at radius 2 is 1.72 bits per heavy atom. The zero-order valence-electron chi connectivity index (χ0n) is 19.3. The first-order valence-electron chi connectivity index (χ1n) is 11.3. The summed E-state index contributed by atoms with van der Waals surface area (Å²) in [5.41, 5.74) is 3.12. The van der Waals surface area contributed by atoms with E-state index in [2.05, 4.69) is 17.2 Å². The molecule has 1 aliphatic rings. The van der Waals surface area contributed by atoms with Gasteiger partial charge in [-0.2, -0.15) is 0 Å².